The van der Waals surface area contributed by atoms with Crippen molar-refractivity contribution in [3.63, 3.8) is 0 Å². The molecule has 1 saturated heterocycles. The van der Waals surface area contributed by atoms with Crippen LogP contribution in [0.2, 0.25) is 0 Å². The van der Waals surface area contributed by atoms with Gasteiger partial charge >= 0.3 is 11.9 Å². The van der Waals surface area contributed by atoms with Crippen LogP contribution >= 0.6 is 0 Å². The molecule has 0 bridgehead atoms. The molecule has 7 nitrogen and oxygen atoms in total. The predicted molar refractivity (Wildman–Crippen MR) is 124 cm³/mol. The summed E-state index contributed by atoms with van der Waals surface area (Å²) in [6.45, 7) is 2.99. The summed E-state index contributed by atoms with van der Waals surface area (Å²) in [4.78, 5) is 36.3. The zero-order valence-electron chi connectivity index (χ0n) is 18.5. The number of piperidine rings is 1. The molecule has 0 unspecified atom stereocenters. The average Bonchev–Trinajstić information content (AvgIpc) is 2.79. The van der Waals surface area contributed by atoms with E-state index in [4.69, 9.17) is 10.2 Å². The number of carboxylic acids is 2. The molecule has 32 heavy (non-hydrogen) atoms. The van der Waals surface area contributed by atoms with E-state index in [2.05, 4.69) is 40.1 Å². The number of carboxylic acid groups (broad SMARTS) is 2. The monoisotopic (exact) mass is 438 g/mol. The number of hydrogen-bond acceptors (Lipinski definition) is 5. The van der Waals surface area contributed by atoms with E-state index in [1.807, 2.05) is 38.4 Å². The molecule has 0 radical (unpaired) electrons. The highest BCUT2D eigenvalue weighted by atomic mass is 16.4. The van der Waals surface area contributed by atoms with E-state index in [1.54, 1.807) is 0 Å². The number of benzene rings is 2. The Hall–Kier alpha value is -3.45. The second kappa shape index (κ2) is 12.4. The molecule has 2 aromatic rings. The number of carbonyl (C=O) groups is 3. The van der Waals surface area contributed by atoms with Gasteiger partial charge < -0.3 is 15.1 Å². The molecule has 2 aromatic carbocycles. The Morgan fingerprint density at radius 1 is 0.906 bits per heavy atom. The first-order chi connectivity index (χ1) is 15.3. The van der Waals surface area contributed by atoms with Crippen LogP contribution in [-0.4, -0.2) is 60.0 Å². The normalized spacial score (nSPS) is 14.4. The van der Waals surface area contributed by atoms with Crippen LogP contribution in [0.4, 0.5) is 5.69 Å². The van der Waals surface area contributed by atoms with Gasteiger partial charge in [-0.25, -0.2) is 9.59 Å². The number of aliphatic carboxylic acids is 2. The van der Waals surface area contributed by atoms with Gasteiger partial charge in [0.15, 0.2) is 5.78 Å². The van der Waals surface area contributed by atoms with Crippen molar-refractivity contribution in [2.45, 2.75) is 19.4 Å². The molecule has 0 amide bonds. The van der Waals surface area contributed by atoms with E-state index in [1.165, 1.54) is 5.56 Å². The Morgan fingerprint density at radius 2 is 1.44 bits per heavy atom. The van der Waals surface area contributed by atoms with Crippen LogP contribution in [0.25, 0.3) is 0 Å². The van der Waals surface area contributed by atoms with Gasteiger partial charge in [0.25, 0.3) is 0 Å². The Morgan fingerprint density at radius 3 is 1.91 bits per heavy atom. The van der Waals surface area contributed by atoms with E-state index in [-0.39, 0.29) is 5.92 Å². The second-order valence-corrected chi connectivity index (χ2v) is 7.85. The molecular formula is C25H30N2O5. The molecule has 1 aliphatic heterocycles. The third kappa shape index (κ3) is 8.35. The first-order valence-corrected chi connectivity index (χ1v) is 10.5. The SMILES string of the molecule is CN(C)c1ccc(C(=O)C2CCN(Cc3ccccc3)CC2)cc1.O=C(O)C=CC(=O)O. The van der Waals surface area contributed by atoms with E-state index < -0.39 is 11.9 Å². The molecule has 0 aliphatic carbocycles. The highest BCUT2D eigenvalue weighted by molar-refractivity contribution is 5.98. The van der Waals surface area contributed by atoms with Gasteiger partial charge in [0, 0.05) is 50.0 Å². The Kier molecular flexibility index (Phi) is 9.63. The number of anilines is 1. The summed E-state index contributed by atoms with van der Waals surface area (Å²) in [5.41, 5.74) is 3.33. The number of rotatable bonds is 7. The zero-order chi connectivity index (χ0) is 23.5. The fourth-order valence-corrected chi connectivity index (χ4v) is 3.50. The summed E-state index contributed by atoms with van der Waals surface area (Å²) >= 11 is 0. The van der Waals surface area contributed by atoms with Crippen LogP contribution in [0, 0.1) is 5.92 Å². The highest BCUT2D eigenvalue weighted by Crippen LogP contribution is 2.24. The van der Waals surface area contributed by atoms with Crippen molar-refractivity contribution >= 4 is 23.4 Å². The predicted octanol–water partition coefficient (Wildman–Crippen LogP) is 3.56. The molecule has 0 aromatic heterocycles. The summed E-state index contributed by atoms with van der Waals surface area (Å²) < 4.78 is 0. The van der Waals surface area contributed by atoms with Gasteiger partial charge in [0.2, 0.25) is 0 Å². The number of likely N-dealkylation sites (tertiary alicyclic amines) is 1. The summed E-state index contributed by atoms with van der Waals surface area (Å²) in [5, 5.41) is 15.6. The number of hydrogen-bond donors (Lipinski definition) is 2. The standard InChI is InChI=1S/C21H26N2O.C4H4O4/c1-22(2)20-10-8-18(9-11-20)21(24)19-12-14-23(15-13-19)16-17-6-4-3-5-7-17;5-3(6)1-2-4(7)8/h3-11,19H,12-16H2,1-2H3;1-2H,(H,5,6)(H,7,8). The first kappa shape index (κ1) is 24.8. The molecule has 1 heterocycles. The van der Waals surface area contributed by atoms with Crippen molar-refractivity contribution in [1.29, 1.82) is 0 Å². The zero-order valence-corrected chi connectivity index (χ0v) is 18.5. The Labute approximate surface area is 188 Å². The molecule has 0 spiro atoms. The van der Waals surface area contributed by atoms with Gasteiger partial charge in [-0.2, -0.15) is 0 Å². The lowest BCUT2D eigenvalue weighted by atomic mass is 9.88. The molecule has 2 N–H and O–H groups in total. The smallest absolute Gasteiger partial charge is 0.328 e. The number of carbonyl (C=O) groups excluding carboxylic acids is 1. The van der Waals surface area contributed by atoms with Crippen LogP contribution in [0.3, 0.4) is 0 Å². The maximum absolute atomic E-state index is 12.7. The molecule has 7 heteroatoms. The van der Waals surface area contributed by atoms with E-state index in [0.29, 0.717) is 17.9 Å². The number of nitrogens with zero attached hydrogens (tertiary/aromatic N) is 2. The van der Waals surface area contributed by atoms with E-state index >= 15 is 0 Å². The fourth-order valence-electron chi connectivity index (χ4n) is 3.50. The average molecular weight is 439 g/mol. The van der Waals surface area contributed by atoms with Crippen molar-refractivity contribution < 1.29 is 24.6 Å². The van der Waals surface area contributed by atoms with Crippen LogP contribution in [0.1, 0.15) is 28.8 Å². The van der Waals surface area contributed by atoms with Crippen LogP contribution in [0.15, 0.2) is 66.7 Å². The molecule has 170 valence electrons. The van der Waals surface area contributed by atoms with Crippen molar-refractivity contribution in [1.82, 2.24) is 4.90 Å². The minimum Gasteiger partial charge on any atom is -0.478 e. The van der Waals surface area contributed by atoms with Gasteiger partial charge in [0.05, 0.1) is 0 Å². The minimum absolute atomic E-state index is 0.169. The lowest BCUT2D eigenvalue weighted by molar-refractivity contribution is -0.134. The Balaban J connectivity index is 0.000000390. The lowest BCUT2D eigenvalue weighted by Crippen LogP contribution is -2.35. The summed E-state index contributed by atoms with van der Waals surface area (Å²) in [7, 11) is 4.03. The summed E-state index contributed by atoms with van der Waals surface area (Å²) in [6.07, 6.45) is 3.03. The van der Waals surface area contributed by atoms with Gasteiger partial charge in [-0.3, -0.25) is 9.69 Å². The molecule has 0 saturated carbocycles. The van der Waals surface area contributed by atoms with Crippen LogP contribution in [0.5, 0.6) is 0 Å². The van der Waals surface area contributed by atoms with Gasteiger partial charge in [-0.1, -0.05) is 30.3 Å². The minimum atomic E-state index is -1.26. The third-order valence-corrected chi connectivity index (χ3v) is 5.24. The fraction of sp³-hybridized carbons (Fsp3) is 0.320. The molecule has 1 aliphatic rings. The highest BCUT2D eigenvalue weighted by Gasteiger charge is 2.25. The largest absolute Gasteiger partial charge is 0.478 e. The topological polar surface area (TPSA) is 98.2 Å². The maximum Gasteiger partial charge on any atom is 0.328 e. The summed E-state index contributed by atoms with van der Waals surface area (Å²) in [6, 6.07) is 18.5. The maximum atomic E-state index is 12.7. The Bertz CT molecular complexity index is 899. The van der Waals surface area contributed by atoms with Crippen molar-refractivity contribution in [3.05, 3.63) is 77.9 Å². The van der Waals surface area contributed by atoms with Crippen molar-refractivity contribution in [3.8, 4) is 0 Å². The molecule has 3 rings (SSSR count). The number of ketones is 1. The van der Waals surface area contributed by atoms with Gasteiger partial charge in [-0.15, -0.1) is 0 Å². The van der Waals surface area contributed by atoms with Crippen molar-refractivity contribution in [2.24, 2.45) is 5.92 Å². The van der Waals surface area contributed by atoms with Crippen LogP contribution in [-0.2, 0) is 16.1 Å². The van der Waals surface area contributed by atoms with Crippen LogP contribution < -0.4 is 4.90 Å². The molecule has 1 fully saturated rings. The lowest BCUT2D eigenvalue weighted by Gasteiger charge is -2.31. The third-order valence-electron chi connectivity index (χ3n) is 5.24. The van der Waals surface area contributed by atoms with E-state index in [0.717, 1.165) is 43.7 Å². The number of Topliss-reactive ketones (excluding diaryl/α,β-unsaturated/α-hetero) is 1. The first-order valence-electron chi connectivity index (χ1n) is 10.5. The summed E-state index contributed by atoms with van der Waals surface area (Å²) in [5.74, 6) is -2.04. The molecular weight excluding hydrogens is 408 g/mol. The van der Waals surface area contributed by atoms with Gasteiger partial charge in [0.1, 0.15) is 0 Å². The second-order valence-electron chi connectivity index (χ2n) is 7.85. The molecule has 0 atom stereocenters. The quantitative estimate of drug-likeness (QED) is 0.504. The van der Waals surface area contributed by atoms with Gasteiger partial charge in [-0.05, 0) is 55.8 Å². The van der Waals surface area contributed by atoms with Crippen molar-refractivity contribution in [2.75, 3.05) is 32.1 Å². The van der Waals surface area contributed by atoms with E-state index in [9.17, 15) is 14.4 Å².